The van der Waals surface area contributed by atoms with Crippen LogP contribution in [0, 0.1) is 5.21 Å². The fraction of sp³-hybridized carbons (Fsp3) is 1.00. The highest BCUT2D eigenvalue weighted by atomic mass is 16.6. The zero-order valence-electron chi connectivity index (χ0n) is 7.47. The lowest BCUT2D eigenvalue weighted by atomic mass is 10.3. The molecule has 0 bridgehead atoms. The van der Waals surface area contributed by atoms with Crippen LogP contribution < -0.4 is 5.73 Å². The van der Waals surface area contributed by atoms with Gasteiger partial charge in [-0.3, -0.25) is 0 Å². The molecule has 0 saturated carbocycles. The molecule has 3 N–H and O–H groups in total. The standard InChI is InChI=1S/C6H16N4O2/c1-3-4-9(5-6(2)7)10(12)8-11/h6,11H,3-5,7H2,1-2H3/b10-8-. The van der Waals surface area contributed by atoms with Crippen molar-refractivity contribution < 1.29 is 10.2 Å². The van der Waals surface area contributed by atoms with Crippen molar-refractivity contribution in [2.24, 2.45) is 11.0 Å². The van der Waals surface area contributed by atoms with Crippen LogP contribution in [0.1, 0.15) is 20.3 Å². The molecule has 12 heavy (non-hydrogen) atoms. The van der Waals surface area contributed by atoms with Gasteiger partial charge < -0.3 is 16.1 Å². The maximum atomic E-state index is 10.8. The number of nitrogens with zero attached hydrogens (tertiary/aromatic N) is 3. The summed E-state index contributed by atoms with van der Waals surface area (Å²) in [5, 5.41) is 22.9. The minimum absolute atomic E-state index is 0.116. The summed E-state index contributed by atoms with van der Waals surface area (Å²) in [7, 11) is 0. The first-order valence-corrected chi connectivity index (χ1v) is 3.94. The van der Waals surface area contributed by atoms with Crippen molar-refractivity contribution in [1.29, 1.82) is 0 Å². The zero-order chi connectivity index (χ0) is 9.56. The Labute approximate surface area is 71.8 Å². The molecule has 1 unspecified atom stereocenters. The molecule has 0 aliphatic heterocycles. The lowest BCUT2D eigenvalue weighted by Gasteiger charge is -2.18. The summed E-state index contributed by atoms with van der Waals surface area (Å²) in [5.74, 6) is 0. The van der Waals surface area contributed by atoms with Gasteiger partial charge >= 0.3 is 0 Å². The van der Waals surface area contributed by atoms with Crippen LogP contribution in [0.3, 0.4) is 0 Å². The van der Waals surface area contributed by atoms with Crippen molar-refractivity contribution in [3.05, 3.63) is 5.21 Å². The summed E-state index contributed by atoms with van der Waals surface area (Å²) in [4.78, 5) is 0.160. The van der Waals surface area contributed by atoms with Gasteiger partial charge in [-0.25, -0.2) is 0 Å². The molecule has 0 aromatic rings. The van der Waals surface area contributed by atoms with E-state index in [9.17, 15) is 5.21 Å². The van der Waals surface area contributed by atoms with Crippen LogP contribution in [0.5, 0.6) is 0 Å². The molecular formula is C6H16N4O2. The SMILES string of the molecule is CCCN(CC(C)N)/[N+]([O-])=N/O. The molecule has 0 rings (SSSR count). The Hall–Kier alpha value is -1.04. The topological polar surface area (TPSA) is 87.9 Å². The molecule has 0 amide bonds. The molecule has 6 nitrogen and oxygen atoms in total. The van der Waals surface area contributed by atoms with Crippen LogP contribution in [-0.2, 0) is 0 Å². The number of hydrogen-bond acceptors (Lipinski definition) is 3. The molecule has 0 aliphatic carbocycles. The van der Waals surface area contributed by atoms with Crippen molar-refractivity contribution in [1.82, 2.24) is 5.01 Å². The van der Waals surface area contributed by atoms with Crippen LogP contribution in [0.15, 0.2) is 5.28 Å². The van der Waals surface area contributed by atoms with Crippen LogP contribution in [0.2, 0.25) is 0 Å². The van der Waals surface area contributed by atoms with Crippen molar-refractivity contribution >= 4 is 0 Å². The van der Waals surface area contributed by atoms with Gasteiger partial charge in [0.05, 0.1) is 18.1 Å². The van der Waals surface area contributed by atoms with Gasteiger partial charge in [0.1, 0.15) is 0 Å². The van der Waals surface area contributed by atoms with Crippen molar-refractivity contribution in [3.63, 3.8) is 0 Å². The van der Waals surface area contributed by atoms with E-state index in [4.69, 9.17) is 10.9 Å². The molecule has 0 radical (unpaired) electrons. The fourth-order valence-corrected chi connectivity index (χ4v) is 0.894. The van der Waals surface area contributed by atoms with Gasteiger partial charge in [-0.05, 0) is 13.3 Å². The number of hydrazine groups is 1. The predicted molar refractivity (Wildman–Crippen MR) is 43.4 cm³/mol. The zero-order valence-corrected chi connectivity index (χ0v) is 7.47. The van der Waals surface area contributed by atoms with E-state index in [0.29, 0.717) is 13.1 Å². The van der Waals surface area contributed by atoms with E-state index in [0.717, 1.165) is 6.42 Å². The summed E-state index contributed by atoms with van der Waals surface area (Å²) in [5.41, 5.74) is 5.49. The van der Waals surface area contributed by atoms with Gasteiger partial charge in [-0.15, -0.1) is 5.01 Å². The quantitative estimate of drug-likeness (QED) is 0.358. The molecule has 6 heteroatoms. The van der Waals surface area contributed by atoms with Crippen LogP contribution in [-0.4, -0.2) is 34.3 Å². The Morgan fingerprint density at radius 2 is 2.33 bits per heavy atom. The Kier molecular flexibility index (Phi) is 5.11. The molecule has 1 atom stereocenters. The van der Waals surface area contributed by atoms with E-state index < -0.39 is 0 Å². The van der Waals surface area contributed by atoms with Crippen molar-refractivity contribution in [2.75, 3.05) is 13.1 Å². The second kappa shape index (κ2) is 5.59. The highest BCUT2D eigenvalue weighted by molar-refractivity contribution is 4.55. The number of hydrogen-bond donors (Lipinski definition) is 2. The Morgan fingerprint density at radius 1 is 1.75 bits per heavy atom. The third kappa shape index (κ3) is 3.97. The summed E-state index contributed by atoms with van der Waals surface area (Å²) < 4.78 is 0. The van der Waals surface area contributed by atoms with Gasteiger partial charge in [0.25, 0.3) is 0 Å². The monoisotopic (exact) mass is 176 g/mol. The van der Waals surface area contributed by atoms with E-state index in [1.807, 2.05) is 6.92 Å². The molecule has 0 aromatic heterocycles. The van der Waals surface area contributed by atoms with E-state index in [-0.39, 0.29) is 11.0 Å². The van der Waals surface area contributed by atoms with Crippen LogP contribution in [0.4, 0.5) is 0 Å². The largest absolute Gasteiger partial charge is 0.569 e. The summed E-state index contributed by atoms with van der Waals surface area (Å²) in [6.07, 6.45) is 0.807. The maximum Gasteiger partial charge on any atom is 0.230 e. The van der Waals surface area contributed by atoms with Gasteiger partial charge in [-0.2, -0.15) is 0 Å². The molecule has 0 fully saturated rings. The normalized spacial score (nSPS) is 14.4. The van der Waals surface area contributed by atoms with Gasteiger partial charge in [0.15, 0.2) is 0 Å². The summed E-state index contributed by atoms with van der Waals surface area (Å²) in [6, 6.07) is -0.116. The lowest BCUT2D eigenvalue weighted by molar-refractivity contribution is -0.710. The average molecular weight is 176 g/mol. The van der Waals surface area contributed by atoms with E-state index in [2.05, 4.69) is 5.28 Å². The second-order valence-electron chi connectivity index (χ2n) is 2.73. The predicted octanol–water partition coefficient (Wildman–Crippen LogP) is 0.312. The van der Waals surface area contributed by atoms with Crippen molar-refractivity contribution in [2.45, 2.75) is 26.3 Å². The first kappa shape index (κ1) is 11.0. The molecular weight excluding hydrogens is 160 g/mol. The summed E-state index contributed by atoms with van der Waals surface area (Å²) in [6.45, 7) is 4.64. The Morgan fingerprint density at radius 3 is 2.67 bits per heavy atom. The molecule has 72 valence electrons. The second-order valence-corrected chi connectivity index (χ2v) is 2.73. The molecule has 0 saturated heterocycles. The molecule has 0 spiro atoms. The molecule has 0 aromatic carbocycles. The van der Waals surface area contributed by atoms with Crippen LogP contribution >= 0.6 is 0 Å². The highest BCUT2D eigenvalue weighted by Crippen LogP contribution is 1.94. The van der Waals surface area contributed by atoms with Crippen LogP contribution in [0.25, 0.3) is 0 Å². The first-order valence-electron chi connectivity index (χ1n) is 3.94. The minimum Gasteiger partial charge on any atom is -0.569 e. The smallest absolute Gasteiger partial charge is 0.230 e. The molecule has 0 heterocycles. The third-order valence-corrected chi connectivity index (χ3v) is 1.30. The molecule has 0 aliphatic rings. The fourth-order valence-electron chi connectivity index (χ4n) is 0.894. The van der Waals surface area contributed by atoms with Gasteiger partial charge in [-0.1, -0.05) is 6.92 Å². The Bertz CT molecular complexity index is 148. The number of rotatable bonds is 5. The summed E-state index contributed by atoms with van der Waals surface area (Å²) >= 11 is 0. The van der Waals surface area contributed by atoms with E-state index >= 15 is 0 Å². The van der Waals surface area contributed by atoms with Gasteiger partial charge in [0, 0.05) is 6.04 Å². The lowest BCUT2D eigenvalue weighted by Crippen LogP contribution is -2.40. The maximum absolute atomic E-state index is 10.8. The third-order valence-electron chi connectivity index (χ3n) is 1.30. The average Bonchev–Trinajstić information content (AvgIpc) is 2.01. The highest BCUT2D eigenvalue weighted by Gasteiger charge is 2.13. The van der Waals surface area contributed by atoms with Crippen molar-refractivity contribution in [3.8, 4) is 0 Å². The van der Waals surface area contributed by atoms with E-state index in [1.165, 1.54) is 5.01 Å². The number of nitrogens with two attached hydrogens (primary N) is 1. The van der Waals surface area contributed by atoms with Gasteiger partial charge in [0.2, 0.25) is 5.28 Å². The Balaban J connectivity index is 4.03. The van der Waals surface area contributed by atoms with E-state index in [1.54, 1.807) is 6.92 Å². The minimum atomic E-state index is -0.116. The first-order chi connectivity index (χ1) is 5.61.